The van der Waals surface area contributed by atoms with Crippen LogP contribution in [-0.4, -0.2) is 49.0 Å². The molecule has 10 heteroatoms. The Bertz CT molecular complexity index is 1450. The van der Waals surface area contributed by atoms with E-state index in [4.69, 9.17) is 4.74 Å². The van der Waals surface area contributed by atoms with Gasteiger partial charge in [-0.15, -0.1) is 0 Å². The van der Waals surface area contributed by atoms with E-state index >= 15 is 0 Å². The van der Waals surface area contributed by atoms with Crippen LogP contribution in [0, 0.1) is 11.8 Å². The SMILES string of the molecule is COc1ccc2cn(C[C@@]3(C#Cc4cncc(-n5cccn5)c4)NC(=O)NC3=O)c(O)c2c1. The average Bonchev–Trinajstić information content (AvgIpc) is 3.52. The Morgan fingerprint density at radius 3 is 2.85 bits per heavy atom. The number of hydrogen-bond acceptors (Lipinski definition) is 6. The first kappa shape index (κ1) is 20.1. The van der Waals surface area contributed by atoms with Crippen LogP contribution in [0.1, 0.15) is 5.56 Å². The van der Waals surface area contributed by atoms with Gasteiger partial charge in [-0.1, -0.05) is 11.8 Å². The minimum absolute atomic E-state index is 0.0682. The van der Waals surface area contributed by atoms with Crippen molar-refractivity contribution < 1.29 is 19.4 Å². The molecule has 1 aliphatic rings. The summed E-state index contributed by atoms with van der Waals surface area (Å²) in [6.07, 6.45) is 8.29. The van der Waals surface area contributed by atoms with Crippen LogP contribution in [-0.2, 0) is 11.3 Å². The zero-order chi connectivity index (χ0) is 23.0. The van der Waals surface area contributed by atoms with E-state index in [2.05, 4.69) is 32.6 Å². The number of nitrogens with zero attached hydrogens (tertiary/aromatic N) is 4. The van der Waals surface area contributed by atoms with Crippen LogP contribution < -0.4 is 15.4 Å². The van der Waals surface area contributed by atoms with E-state index in [1.165, 1.54) is 11.7 Å². The van der Waals surface area contributed by atoms with E-state index in [9.17, 15) is 14.7 Å². The van der Waals surface area contributed by atoms with E-state index in [1.807, 2.05) is 0 Å². The summed E-state index contributed by atoms with van der Waals surface area (Å²) in [5.41, 5.74) is -0.359. The Morgan fingerprint density at radius 1 is 1.24 bits per heavy atom. The topological polar surface area (TPSA) is 123 Å². The number of amides is 3. The van der Waals surface area contributed by atoms with Crippen LogP contribution >= 0.6 is 0 Å². The fourth-order valence-corrected chi connectivity index (χ4v) is 3.68. The van der Waals surface area contributed by atoms with Gasteiger partial charge in [0, 0.05) is 41.1 Å². The van der Waals surface area contributed by atoms with Crippen molar-refractivity contribution in [2.75, 3.05) is 7.11 Å². The van der Waals surface area contributed by atoms with Gasteiger partial charge in [-0.05, 0) is 30.3 Å². The molecule has 3 amide bonds. The van der Waals surface area contributed by atoms with Gasteiger partial charge in [0.1, 0.15) is 5.75 Å². The summed E-state index contributed by atoms with van der Waals surface area (Å²) in [5.74, 6) is 5.73. The molecule has 3 aromatic heterocycles. The van der Waals surface area contributed by atoms with Crippen molar-refractivity contribution in [3.8, 4) is 29.2 Å². The number of fused-ring (bicyclic) bond motifs is 1. The van der Waals surface area contributed by atoms with Gasteiger partial charge >= 0.3 is 6.03 Å². The molecule has 0 saturated carbocycles. The normalized spacial score (nSPS) is 17.4. The third-order valence-electron chi connectivity index (χ3n) is 5.33. The smallest absolute Gasteiger partial charge is 0.323 e. The highest BCUT2D eigenvalue weighted by atomic mass is 16.5. The highest BCUT2D eigenvalue weighted by Gasteiger charge is 2.46. The third-order valence-corrected chi connectivity index (χ3v) is 5.33. The Kier molecular flexibility index (Phi) is 4.71. The van der Waals surface area contributed by atoms with Gasteiger partial charge in [-0.2, -0.15) is 5.10 Å². The lowest BCUT2D eigenvalue weighted by Crippen LogP contribution is -2.49. The van der Waals surface area contributed by atoms with E-state index in [-0.39, 0.29) is 12.4 Å². The van der Waals surface area contributed by atoms with Crippen molar-refractivity contribution in [1.82, 2.24) is 30.0 Å². The van der Waals surface area contributed by atoms with Crippen LogP contribution in [0.25, 0.3) is 16.5 Å². The van der Waals surface area contributed by atoms with Gasteiger partial charge in [-0.3, -0.25) is 15.1 Å². The molecule has 5 rings (SSSR count). The number of urea groups is 1. The number of hydrogen-bond donors (Lipinski definition) is 3. The fraction of sp³-hybridized carbons (Fsp3) is 0.130. The summed E-state index contributed by atoms with van der Waals surface area (Å²) < 4.78 is 8.33. The second-order valence-electron chi connectivity index (χ2n) is 7.48. The predicted molar refractivity (Wildman–Crippen MR) is 118 cm³/mol. The first-order valence-corrected chi connectivity index (χ1v) is 9.95. The van der Waals surface area contributed by atoms with Crippen LogP contribution in [0.4, 0.5) is 4.79 Å². The molecule has 1 aromatic carbocycles. The summed E-state index contributed by atoms with van der Waals surface area (Å²) in [5, 5.41) is 21.1. The lowest BCUT2D eigenvalue weighted by molar-refractivity contribution is -0.122. The Hall–Kier alpha value is -4.78. The number of methoxy groups -OCH3 is 1. The van der Waals surface area contributed by atoms with Crippen LogP contribution in [0.2, 0.25) is 0 Å². The molecule has 0 aliphatic carbocycles. The molecule has 0 bridgehead atoms. The van der Waals surface area contributed by atoms with E-state index in [1.54, 1.807) is 66.0 Å². The molecule has 4 heterocycles. The quantitative estimate of drug-likeness (QED) is 0.326. The largest absolute Gasteiger partial charge is 0.497 e. The van der Waals surface area contributed by atoms with Crippen molar-refractivity contribution >= 4 is 22.7 Å². The number of imide groups is 1. The zero-order valence-electron chi connectivity index (χ0n) is 17.4. The lowest BCUT2D eigenvalue weighted by atomic mass is 10.00. The molecule has 10 nitrogen and oxygen atoms in total. The highest BCUT2D eigenvalue weighted by Crippen LogP contribution is 2.32. The van der Waals surface area contributed by atoms with Gasteiger partial charge in [0.25, 0.3) is 5.91 Å². The van der Waals surface area contributed by atoms with E-state index in [0.717, 1.165) is 5.39 Å². The molecule has 3 N–H and O–H groups in total. The summed E-state index contributed by atoms with van der Waals surface area (Å²) in [6.45, 7) is -0.104. The standard InChI is InChI=1S/C23H18N6O4/c1-33-18-4-3-16-13-28(20(30)19(16)10-18)14-23(21(31)26-22(32)27-23)6-5-15-9-17(12-24-11-15)29-8-2-7-25-29/h2-4,7-13,30H,14H2,1H3,(H2,26,27,31,32)/t23-/m1/s1. The van der Waals surface area contributed by atoms with Crippen molar-refractivity contribution in [1.29, 1.82) is 0 Å². The highest BCUT2D eigenvalue weighted by molar-refractivity contribution is 6.09. The molecule has 164 valence electrons. The summed E-state index contributed by atoms with van der Waals surface area (Å²) in [7, 11) is 1.54. The molecule has 0 unspecified atom stereocenters. The maximum absolute atomic E-state index is 12.8. The molecule has 0 spiro atoms. The van der Waals surface area contributed by atoms with Gasteiger partial charge < -0.3 is 19.7 Å². The van der Waals surface area contributed by atoms with E-state index in [0.29, 0.717) is 22.4 Å². The average molecular weight is 442 g/mol. The molecule has 1 atom stereocenters. The number of carbonyl (C=O) groups excluding carboxylic acids is 2. The number of aromatic nitrogens is 4. The predicted octanol–water partition coefficient (Wildman–Crippen LogP) is 1.57. The van der Waals surface area contributed by atoms with Gasteiger partial charge in [0.2, 0.25) is 5.54 Å². The van der Waals surface area contributed by atoms with Crippen molar-refractivity contribution in [2.24, 2.45) is 0 Å². The molecule has 1 saturated heterocycles. The second-order valence-corrected chi connectivity index (χ2v) is 7.48. The van der Waals surface area contributed by atoms with Crippen molar-refractivity contribution in [3.63, 3.8) is 0 Å². The van der Waals surface area contributed by atoms with Crippen molar-refractivity contribution in [3.05, 3.63) is 66.9 Å². The van der Waals surface area contributed by atoms with E-state index < -0.39 is 17.5 Å². The minimum Gasteiger partial charge on any atom is -0.497 e. The fourth-order valence-electron chi connectivity index (χ4n) is 3.68. The number of benzene rings is 1. The number of rotatable bonds is 4. The Morgan fingerprint density at radius 2 is 2.12 bits per heavy atom. The zero-order valence-corrected chi connectivity index (χ0v) is 17.4. The molecule has 4 aromatic rings. The first-order chi connectivity index (χ1) is 16.0. The molecule has 1 fully saturated rings. The van der Waals surface area contributed by atoms with Crippen LogP contribution in [0.5, 0.6) is 11.6 Å². The number of nitrogens with one attached hydrogen (secondary N) is 2. The first-order valence-electron chi connectivity index (χ1n) is 9.95. The molecule has 33 heavy (non-hydrogen) atoms. The Balaban J connectivity index is 1.53. The molecular formula is C23H18N6O4. The van der Waals surface area contributed by atoms with Gasteiger partial charge in [0.15, 0.2) is 5.88 Å². The summed E-state index contributed by atoms with van der Waals surface area (Å²) in [6, 6.07) is 8.15. The molecule has 0 radical (unpaired) electrons. The Labute approximate surface area is 187 Å². The van der Waals surface area contributed by atoms with Crippen LogP contribution in [0.3, 0.4) is 0 Å². The number of ether oxygens (including phenoxy) is 1. The number of carbonyl (C=O) groups is 2. The second kappa shape index (κ2) is 7.72. The molecule has 1 aliphatic heterocycles. The minimum atomic E-state index is -1.59. The van der Waals surface area contributed by atoms with Crippen molar-refractivity contribution in [2.45, 2.75) is 12.1 Å². The maximum atomic E-state index is 12.8. The summed E-state index contributed by atoms with van der Waals surface area (Å²) >= 11 is 0. The van der Waals surface area contributed by atoms with Gasteiger partial charge in [0.05, 0.1) is 25.5 Å². The lowest BCUT2D eigenvalue weighted by Gasteiger charge is -2.20. The number of pyridine rings is 1. The number of aromatic hydroxyl groups is 1. The summed E-state index contributed by atoms with van der Waals surface area (Å²) in [4.78, 5) is 28.9. The maximum Gasteiger partial charge on any atom is 0.323 e. The third kappa shape index (κ3) is 3.61. The van der Waals surface area contributed by atoms with Gasteiger partial charge in [-0.25, -0.2) is 9.48 Å². The monoisotopic (exact) mass is 442 g/mol. The molecular weight excluding hydrogens is 424 g/mol. The van der Waals surface area contributed by atoms with Crippen LogP contribution in [0.15, 0.2) is 61.3 Å².